The first-order valence-corrected chi connectivity index (χ1v) is 7.01. The first-order chi connectivity index (χ1) is 8.91. The molecule has 2 rings (SSSR count). The summed E-state index contributed by atoms with van der Waals surface area (Å²) in [5, 5.41) is 0. The summed E-state index contributed by atoms with van der Waals surface area (Å²) >= 11 is 0. The van der Waals surface area contributed by atoms with E-state index in [0.717, 1.165) is 11.6 Å². The van der Waals surface area contributed by atoms with Gasteiger partial charge in [-0.05, 0) is 36.5 Å². The zero-order valence-electron chi connectivity index (χ0n) is 13.0. The lowest BCUT2D eigenvalue weighted by atomic mass is 10.0. The van der Waals surface area contributed by atoms with Gasteiger partial charge in [0.05, 0.1) is 6.33 Å². The molecule has 0 saturated heterocycles. The first kappa shape index (κ1) is 15.5. The lowest BCUT2D eigenvalue weighted by Crippen LogP contribution is -1.95. The zero-order valence-corrected chi connectivity index (χ0v) is 13.0. The number of hydrogen-bond acceptors (Lipinski definition) is 1. The fraction of sp³-hybridized carbons (Fsp3) is 0.471. The third kappa shape index (κ3) is 4.90. The van der Waals surface area contributed by atoms with Crippen molar-refractivity contribution < 1.29 is 0 Å². The zero-order chi connectivity index (χ0) is 14.4. The van der Waals surface area contributed by atoms with Gasteiger partial charge in [0.2, 0.25) is 0 Å². The third-order valence-corrected chi connectivity index (χ3v) is 2.66. The second-order valence-electron chi connectivity index (χ2n) is 5.88. The summed E-state index contributed by atoms with van der Waals surface area (Å²) in [7, 11) is 0. The van der Waals surface area contributed by atoms with Gasteiger partial charge in [-0.1, -0.05) is 46.8 Å². The summed E-state index contributed by atoms with van der Waals surface area (Å²) in [4.78, 5) is 4.12. The summed E-state index contributed by atoms with van der Waals surface area (Å²) in [5.74, 6) is 1.42. The quantitative estimate of drug-likeness (QED) is 0.744. The van der Waals surface area contributed by atoms with E-state index in [4.69, 9.17) is 0 Å². The maximum atomic E-state index is 4.12. The second-order valence-corrected chi connectivity index (χ2v) is 5.88. The molecule has 0 atom stereocenters. The van der Waals surface area contributed by atoms with Crippen molar-refractivity contribution in [3.63, 3.8) is 0 Å². The van der Waals surface area contributed by atoms with E-state index in [1.54, 1.807) is 0 Å². The predicted octanol–water partition coefficient (Wildman–Crippen LogP) is 4.97. The van der Waals surface area contributed by atoms with Crippen LogP contribution in [-0.2, 0) is 0 Å². The van der Waals surface area contributed by atoms with Gasteiger partial charge in [0, 0.05) is 17.6 Å². The number of imidazole rings is 1. The van der Waals surface area contributed by atoms with Crippen LogP contribution in [0.3, 0.4) is 0 Å². The Labute approximate surface area is 117 Å². The predicted molar refractivity (Wildman–Crippen MR) is 82.9 cm³/mol. The number of nitrogens with zero attached hydrogens (tertiary/aromatic N) is 2. The van der Waals surface area contributed by atoms with Gasteiger partial charge in [-0.2, -0.15) is 0 Å². The Morgan fingerprint density at radius 1 is 0.947 bits per heavy atom. The first-order valence-electron chi connectivity index (χ1n) is 7.01. The Bertz CT molecular complexity index is 475. The lowest BCUT2D eigenvalue weighted by Gasteiger charge is -2.08. The van der Waals surface area contributed by atoms with Crippen LogP contribution in [-0.4, -0.2) is 9.55 Å². The molecule has 0 aliphatic carbocycles. The Kier molecular flexibility index (Phi) is 5.81. The molecule has 0 saturated carbocycles. The van der Waals surface area contributed by atoms with Gasteiger partial charge in [-0.15, -0.1) is 0 Å². The van der Waals surface area contributed by atoms with Crippen molar-refractivity contribution in [1.82, 2.24) is 9.55 Å². The van der Waals surface area contributed by atoms with Gasteiger partial charge in [0.1, 0.15) is 0 Å². The van der Waals surface area contributed by atoms with Crippen LogP contribution in [0.4, 0.5) is 0 Å². The van der Waals surface area contributed by atoms with Crippen LogP contribution in [0.2, 0.25) is 0 Å². The maximum Gasteiger partial charge on any atom is 0.0994 e. The number of rotatable bonds is 2. The number of benzene rings is 1. The minimum atomic E-state index is 0.586. The van der Waals surface area contributed by atoms with E-state index in [1.165, 1.54) is 11.3 Å². The van der Waals surface area contributed by atoms with Gasteiger partial charge in [-0.25, -0.2) is 4.98 Å². The molecule has 0 fully saturated rings. The smallest absolute Gasteiger partial charge is 0.0994 e. The van der Waals surface area contributed by atoms with Crippen LogP contribution < -0.4 is 0 Å². The Morgan fingerprint density at radius 3 is 1.84 bits per heavy atom. The summed E-state index contributed by atoms with van der Waals surface area (Å²) < 4.78 is 2.09. The minimum absolute atomic E-state index is 0.586. The van der Waals surface area contributed by atoms with E-state index < -0.39 is 0 Å². The van der Waals surface area contributed by atoms with Crippen LogP contribution >= 0.6 is 0 Å². The highest BCUT2D eigenvalue weighted by molar-refractivity contribution is 5.36. The highest BCUT2D eigenvalue weighted by Crippen LogP contribution is 2.17. The van der Waals surface area contributed by atoms with E-state index in [-0.39, 0.29) is 0 Å². The van der Waals surface area contributed by atoms with Crippen molar-refractivity contribution in [3.05, 3.63) is 48.0 Å². The molecule has 0 radical (unpaired) electrons. The third-order valence-electron chi connectivity index (χ3n) is 2.66. The molecule has 1 heterocycles. The molecule has 2 nitrogen and oxygen atoms in total. The van der Waals surface area contributed by atoms with Gasteiger partial charge in [-0.3, -0.25) is 0 Å². The molecule has 0 bridgehead atoms. The van der Waals surface area contributed by atoms with E-state index in [9.17, 15) is 0 Å². The molecular formula is C17H26N2. The number of aryl methyl sites for hydroxylation is 1. The van der Waals surface area contributed by atoms with Crippen molar-refractivity contribution in [2.24, 2.45) is 5.92 Å². The van der Waals surface area contributed by atoms with Gasteiger partial charge >= 0.3 is 0 Å². The van der Waals surface area contributed by atoms with Crippen molar-refractivity contribution in [2.75, 3.05) is 0 Å². The van der Waals surface area contributed by atoms with E-state index >= 15 is 0 Å². The molecule has 104 valence electrons. The fourth-order valence-electron chi connectivity index (χ4n) is 1.65. The number of hydrogen-bond donors (Lipinski definition) is 0. The molecule has 0 unspecified atom stereocenters. The van der Waals surface area contributed by atoms with Crippen molar-refractivity contribution in [2.45, 2.75) is 47.5 Å². The average molecular weight is 258 g/mol. The van der Waals surface area contributed by atoms with Crippen molar-refractivity contribution >= 4 is 0 Å². The fourth-order valence-corrected chi connectivity index (χ4v) is 1.65. The largest absolute Gasteiger partial charge is 0.304 e. The average Bonchev–Trinajstić information content (AvgIpc) is 2.75. The van der Waals surface area contributed by atoms with Crippen LogP contribution in [0.5, 0.6) is 0 Å². The monoisotopic (exact) mass is 258 g/mol. The second kappa shape index (κ2) is 7.13. The van der Waals surface area contributed by atoms with Crippen LogP contribution in [0.25, 0.3) is 5.69 Å². The normalized spacial score (nSPS) is 10.5. The van der Waals surface area contributed by atoms with E-state index in [0.29, 0.717) is 5.92 Å². The summed E-state index contributed by atoms with van der Waals surface area (Å²) in [6, 6.07) is 8.65. The molecule has 1 aromatic carbocycles. The minimum Gasteiger partial charge on any atom is -0.304 e. The van der Waals surface area contributed by atoms with Gasteiger partial charge in [0.15, 0.2) is 0 Å². The summed E-state index contributed by atoms with van der Waals surface area (Å²) in [5.41, 5.74) is 3.71. The molecule has 0 N–H and O–H groups in total. The van der Waals surface area contributed by atoms with E-state index in [2.05, 4.69) is 75.4 Å². The SMILES string of the molecule is CC(C)C.Cc1cncn1-c1ccc(C(C)C)cc1. The summed E-state index contributed by atoms with van der Waals surface area (Å²) in [6.45, 7) is 13.0. The van der Waals surface area contributed by atoms with E-state index in [1.807, 2.05) is 12.5 Å². The molecule has 2 aromatic rings. The van der Waals surface area contributed by atoms with Crippen molar-refractivity contribution in [3.8, 4) is 5.69 Å². The standard InChI is InChI=1S/C13H16N2.C4H10/c1-10(2)12-4-6-13(7-5-12)15-9-14-8-11(15)3;1-4(2)3/h4-10H,1-3H3;4H,1-3H3. The Hall–Kier alpha value is -1.57. The van der Waals surface area contributed by atoms with Crippen molar-refractivity contribution in [1.29, 1.82) is 0 Å². The molecule has 0 spiro atoms. The molecular weight excluding hydrogens is 232 g/mol. The molecule has 19 heavy (non-hydrogen) atoms. The molecule has 2 heteroatoms. The van der Waals surface area contributed by atoms with Crippen LogP contribution in [0, 0.1) is 12.8 Å². The molecule has 0 aliphatic heterocycles. The van der Waals surface area contributed by atoms with Crippen LogP contribution in [0.15, 0.2) is 36.8 Å². The van der Waals surface area contributed by atoms with Gasteiger partial charge in [0.25, 0.3) is 0 Å². The summed E-state index contributed by atoms with van der Waals surface area (Å²) in [6.07, 6.45) is 3.72. The molecule has 0 aliphatic rings. The van der Waals surface area contributed by atoms with Gasteiger partial charge < -0.3 is 4.57 Å². The molecule has 0 amide bonds. The Morgan fingerprint density at radius 2 is 1.47 bits per heavy atom. The highest BCUT2D eigenvalue weighted by atomic mass is 15.0. The lowest BCUT2D eigenvalue weighted by molar-refractivity contribution is 0.737. The van der Waals surface area contributed by atoms with Crippen LogP contribution in [0.1, 0.15) is 51.8 Å². The number of aromatic nitrogens is 2. The highest BCUT2D eigenvalue weighted by Gasteiger charge is 2.01. The maximum absolute atomic E-state index is 4.12. The topological polar surface area (TPSA) is 17.8 Å². The Balaban J connectivity index is 0.000000399. The molecule has 1 aromatic heterocycles.